The van der Waals surface area contributed by atoms with Gasteiger partial charge in [-0.2, -0.15) is 0 Å². The van der Waals surface area contributed by atoms with E-state index in [1.807, 2.05) is 6.07 Å². The number of methoxy groups -OCH3 is 1. The number of aryl methyl sites for hydroxylation is 2. The summed E-state index contributed by atoms with van der Waals surface area (Å²) in [6.45, 7) is 1.77. The standard InChI is InChI=1S/C13H17NO3.C12H15NO2/c1-8-10(13(16)17-2)7-9-5-3-4-6-11(15)12(9)14-8;14-9-6-12-5-3-1-2-4-11(12)15-8-10(12)13-7-9/h7,11,15H,3-6H2,1-2H3;7-8,11H,1-6H2. The average Bonchev–Trinajstić information content (AvgIpc) is 2.89. The third-order valence-corrected chi connectivity index (χ3v) is 7.12. The highest BCUT2D eigenvalue weighted by atomic mass is 16.5. The number of aromatic nitrogens is 1. The van der Waals surface area contributed by atoms with E-state index in [2.05, 4.69) is 9.98 Å². The van der Waals surface area contributed by atoms with Gasteiger partial charge in [0, 0.05) is 6.42 Å². The largest absolute Gasteiger partial charge is 0.495 e. The van der Waals surface area contributed by atoms with Crippen molar-refractivity contribution in [2.45, 2.75) is 83.3 Å². The number of pyridine rings is 1. The Balaban J connectivity index is 0.000000154. The second-order valence-corrected chi connectivity index (χ2v) is 9.20. The van der Waals surface area contributed by atoms with Crippen molar-refractivity contribution < 1.29 is 24.2 Å². The number of Topliss-reactive ketones (excluding diaryl/α,β-unsaturated/α-hetero) is 1. The maximum absolute atomic E-state index is 11.6. The lowest BCUT2D eigenvalue weighted by Crippen LogP contribution is -2.37. The van der Waals surface area contributed by atoms with Gasteiger partial charge in [-0.25, -0.2) is 4.79 Å². The van der Waals surface area contributed by atoms with E-state index in [9.17, 15) is 14.7 Å². The van der Waals surface area contributed by atoms with Crippen LogP contribution >= 0.6 is 0 Å². The fourth-order valence-corrected chi connectivity index (χ4v) is 5.35. The first-order valence-corrected chi connectivity index (χ1v) is 11.6. The number of rotatable bonds is 1. The van der Waals surface area contributed by atoms with Crippen molar-refractivity contribution in [2.75, 3.05) is 7.11 Å². The van der Waals surface area contributed by atoms with E-state index in [0.717, 1.165) is 55.5 Å². The molecule has 32 heavy (non-hydrogen) atoms. The molecule has 0 bridgehead atoms. The van der Waals surface area contributed by atoms with Gasteiger partial charge in [-0.3, -0.25) is 14.8 Å². The van der Waals surface area contributed by atoms with Crippen molar-refractivity contribution in [3.63, 3.8) is 0 Å². The smallest absolute Gasteiger partial charge is 0.339 e. The zero-order valence-electron chi connectivity index (χ0n) is 18.9. The van der Waals surface area contributed by atoms with Crippen LogP contribution in [0.5, 0.6) is 0 Å². The number of hydrogen-bond acceptors (Lipinski definition) is 7. The number of carbonyl (C=O) groups is 2. The first kappa shape index (κ1) is 22.6. The monoisotopic (exact) mass is 440 g/mol. The number of nitrogens with zero attached hydrogens (tertiary/aromatic N) is 2. The summed E-state index contributed by atoms with van der Waals surface area (Å²) in [4.78, 5) is 31.7. The van der Waals surface area contributed by atoms with Crippen LogP contribution in [-0.2, 0) is 20.7 Å². The number of ether oxygens (including phenoxy) is 2. The predicted molar refractivity (Wildman–Crippen MR) is 119 cm³/mol. The third kappa shape index (κ3) is 4.35. The minimum absolute atomic E-state index is 0.0671. The Kier molecular flexibility index (Phi) is 6.74. The van der Waals surface area contributed by atoms with Gasteiger partial charge in [-0.15, -0.1) is 0 Å². The molecule has 1 aromatic heterocycles. The molecule has 1 fully saturated rings. The Morgan fingerprint density at radius 3 is 2.84 bits per heavy atom. The van der Waals surface area contributed by atoms with Crippen LogP contribution in [0, 0.1) is 12.3 Å². The lowest BCUT2D eigenvalue weighted by molar-refractivity contribution is -0.116. The molecule has 1 spiro atoms. The van der Waals surface area contributed by atoms with Crippen molar-refractivity contribution in [3.8, 4) is 0 Å². The zero-order chi connectivity index (χ0) is 22.7. The molecule has 7 nitrogen and oxygen atoms in total. The first-order valence-electron chi connectivity index (χ1n) is 11.6. The second kappa shape index (κ2) is 9.53. The van der Waals surface area contributed by atoms with Gasteiger partial charge in [0.15, 0.2) is 5.78 Å². The molecule has 5 rings (SSSR count). The van der Waals surface area contributed by atoms with Crippen molar-refractivity contribution >= 4 is 18.0 Å². The molecule has 1 aromatic rings. The van der Waals surface area contributed by atoms with Gasteiger partial charge in [-0.1, -0.05) is 19.3 Å². The number of aliphatic hydroxyl groups is 1. The van der Waals surface area contributed by atoms with Crippen LogP contribution in [0.25, 0.3) is 0 Å². The number of esters is 1. The topological polar surface area (TPSA) is 98.1 Å². The van der Waals surface area contributed by atoms with E-state index in [-0.39, 0.29) is 23.3 Å². The number of fused-ring (bicyclic) bond motifs is 1. The van der Waals surface area contributed by atoms with Crippen LogP contribution in [0.1, 0.15) is 91.2 Å². The first-order chi connectivity index (χ1) is 15.4. The molecule has 0 aromatic carbocycles. The highest BCUT2D eigenvalue weighted by Crippen LogP contribution is 2.51. The summed E-state index contributed by atoms with van der Waals surface area (Å²) in [5.74, 6) is -0.207. The number of ketones is 1. The van der Waals surface area contributed by atoms with Gasteiger partial charge in [0.2, 0.25) is 0 Å². The Morgan fingerprint density at radius 1 is 1.22 bits per heavy atom. The maximum Gasteiger partial charge on any atom is 0.339 e. The quantitative estimate of drug-likeness (QED) is 0.520. The Labute approximate surface area is 188 Å². The van der Waals surface area contributed by atoms with E-state index >= 15 is 0 Å². The van der Waals surface area contributed by atoms with Gasteiger partial charge in [-0.05, 0) is 57.1 Å². The van der Waals surface area contributed by atoms with Crippen LogP contribution in [0.4, 0.5) is 0 Å². The second-order valence-electron chi connectivity index (χ2n) is 9.20. The summed E-state index contributed by atoms with van der Waals surface area (Å²) < 4.78 is 10.4. The van der Waals surface area contributed by atoms with Crippen LogP contribution in [0.3, 0.4) is 0 Å². The van der Waals surface area contributed by atoms with Crippen molar-refractivity contribution in [2.24, 2.45) is 10.4 Å². The molecule has 7 heteroatoms. The molecule has 3 heterocycles. The fraction of sp³-hybridized carbons (Fsp3) is 0.600. The van der Waals surface area contributed by atoms with Crippen LogP contribution < -0.4 is 0 Å². The van der Waals surface area contributed by atoms with E-state index < -0.39 is 6.10 Å². The number of aliphatic imine (C=N–C) groups is 1. The molecular formula is C25H32N2O5. The highest BCUT2D eigenvalue weighted by molar-refractivity contribution is 6.28. The molecule has 0 saturated heterocycles. The maximum atomic E-state index is 11.6. The van der Waals surface area contributed by atoms with Gasteiger partial charge in [0.1, 0.15) is 12.4 Å². The number of carbonyl (C=O) groups excluding carboxylic acids is 2. The number of aliphatic hydroxyl groups excluding tert-OH is 1. The SMILES string of the molecule is COC(=O)c1cc2c(nc1C)C(O)CCCC2.O=C1C=NC2=COC3CCCCCC23C1. The molecule has 3 atom stereocenters. The zero-order valence-corrected chi connectivity index (χ0v) is 18.9. The van der Waals surface area contributed by atoms with E-state index in [1.54, 1.807) is 13.2 Å². The lowest BCUT2D eigenvalue weighted by Gasteiger charge is -2.34. The molecule has 1 N–H and O–H groups in total. The van der Waals surface area contributed by atoms with Crippen LogP contribution in [0.2, 0.25) is 0 Å². The van der Waals surface area contributed by atoms with Crippen molar-refractivity contribution in [1.82, 2.24) is 4.98 Å². The minimum Gasteiger partial charge on any atom is -0.495 e. The molecule has 0 radical (unpaired) electrons. The lowest BCUT2D eigenvalue weighted by atomic mass is 9.72. The highest BCUT2D eigenvalue weighted by Gasteiger charge is 2.50. The van der Waals surface area contributed by atoms with Gasteiger partial charge in [0.25, 0.3) is 0 Å². The third-order valence-electron chi connectivity index (χ3n) is 7.12. The summed E-state index contributed by atoms with van der Waals surface area (Å²) in [5.41, 5.74) is 3.77. The molecule has 1 saturated carbocycles. The Bertz CT molecular complexity index is 954. The Hall–Kier alpha value is -2.54. The summed E-state index contributed by atoms with van der Waals surface area (Å²) in [6.07, 6.45) is 13.0. The van der Waals surface area contributed by atoms with E-state index in [4.69, 9.17) is 9.47 Å². The summed E-state index contributed by atoms with van der Waals surface area (Å²) in [5, 5.41) is 9.97. The average molecular weight is 441 g/mol. The summed E-state index contributed by atoms with van der Waals surface area (Å²) in [7, 11) is 1.36. The molecule has 2 aliphatic heterocycles. The van der Waals surface area contributed by atoms with E-state index in [1.165, 1.54) is 32.6 Å². The predicted octanol–water partition coefficient (Wildman–Crippen LogP) is 4.16. The van der Waals surface area contributed by atoms with Crippen molar-refractivity contribution in [1.29, 1.82) is 0 Å². The Morgan fingerprint density at radius 2 is 2.03 bits per heavy atom. The summed E-state index contributed by atoms with van der Waals surface area (Å²) in [6, 6.07) is 1.82. The molecule has 2 aliphatic carbocycles. The van der Waals surface area contributed by atoms with E-state index in [0.29, 0.717) is 17.7 Å². The fourth-order valence-electron chi connectivity index (χ4n) is 5.35. The van der Waals surface area contributed by atoms with Gasteiger partial charge >= 0.3 is 5.97 Å². The molecular weight excluding hydrogens is 408 g/mol. The molecule has 4 aliphatic rings. The van der Waals surface area contributed by atoms with Gasteiger partial charge < -0.3 is 14.6 Å². The molecule has 0 amide bonds. The van der Waals surface area contributed by atoms with Gasteiger partial charge in [0.05, 0.1) is 47.5 Å². The number of hydrogen-bond donors (Lipinski definition) is 1. The van der Waals surface area contributed by atoms with Crippen LogP contribution in [-0.4, -0.2) is 41.3 Å². The van der Waals surface area contributed by atoms with Crippen molar-refractivity contribution in [3.05, 3.63) is 40.5 Å². The minimum atomic E-state index is -0.502. The molecule has 172 valence electrons. The normalized spacial score (nSPS) is 28.5. The van der Waals surface area contributed by atoms with Crippen LogP contribution in [0.15, 0.2) is 23.0 Å². The molecule has 3 unspecified atom stereocenters. The summed E-state index contributed by atoms with van der Waals surface area (Å²) >= 11 is 0.